The molecule has 0 aliphatic rings. The first kappa shape index (κ1) is 13.6. The molecule has 1 atom stereocenters. The zero-order chi connectivity index (χ0) is 14.3. The monoisotopic (exact) mass is 353 g/mol. The van der Waals surface area contributed by atoms with Gasteiger partial charge in [0.2, 0.25) is 0 Å². The molecule has 3 rings (SSSR count). The Labute approximate surface area is 128 Å². The largest absolute Gasteiger partial charge is 0.459 e. The normalized spacial score (nSPS) is 12.8. The summed E-state index contributed by atoms with van der Waals surface area (Å²) in [6, 6.07) is 11.2. The Balaban J connectivity index is 2.05. The Morgan fingerprint density at radius 3 is 2.70 bits per heavy atom. The van der Waals surface area contributed by atoms with Crippen molar-refractivity contribution in [1.82, 2.24) is 0 Å². The van der Waals surface area contributed by atoms with Gasteiger partial charge < -0.3 is 10.2 Å². The van der Waals surface area contributed by atoms with Gasteiger partial charge in [-0.25, -0.2) is 4.39 Å². The Kier molecular flexibility index (Phi) is 3.54. The zero-order valence-corrected chi connectivity index (χ0v) is 12.6. The van der Waals surface area contributed by atoms with E-state index in [-0.39, 0.29) is 5.82 Å². The molecule has 0 radical (unpaired) electrons. The third-order valence-electron chi connectivity index (χ3n) is 3.10. The number of furan rings is 1. The van der Waals surface area contributed by atoms with Crippen molar-refractivity contribution in [3.8, 4) is 0 Å². The lowest BCUT2D eigenvalue weighted by molar-refractivity contribution is 0.524. The fourth-order valence-electron chi connectivity index (χ4n) is 2.10. The smallest absolute Gasteiger partial charge is 0.134 e. The summed E-state index contributed by atoms with van der Waals surface area (Å²) in [6.07, 6.45) is 0. The van der Waals surface area contributed by atoms with Crippen LogP contribution in [0.2, 0.25) is 5.02 Å². The van der Waals surface area contributed by atoms with Crippen molar-refractivity contribution < 1.29 is 8.81 Å². The predicted octanol–water partition coefficient (Wildman–Crippen LogP) is 5.04. The summed E-state index contributed by atoms with van der Waals surface area (Å²) >= 11 is 9.44. The summed E-state index contributed by atoms with van der Waals surface area (Å²) in [4.78, 5) is 0. The van der Waals surface area contributed by atoms with E-state index in [0.717, 1.165) is 15.4 Å². The number of nitrogens with two attached hydrogens (primary N) is 1. The summed E-state index contributed by atoms with van der Waals surface area (Å²) in [5, 5.41) is 1.24. The van der Waals surface area contributed by atoms with E-state index in [9.17, 15) is 4.39 Å². The van der Waals surface area contributed by atoms with Crippen LogP contribution in [0.5, 0.6) is 0 Å². The number of hydrogen-bond acceptors (Lipinski definition) is 2. The van der Waals surface area contributed by atoms with Gasteiger partial charge in [-0.15, -0.1) is 0 Å². The molecule has 2 aromatic carbocycles. The van der Waals surface area contributed by atoms with Crippen LogP contribution in [-0.4, -0.2) is 0 Å². The van der Waals surface area contributed by atoms with E-state index < -0.39 is 6.04 Å². The molecule has 20 heavy (non-hydrogen) atoms. The molecule has 0 aliphatic heterocycles. The molecule has 0 bridgehead atoms. The minimum atomic E-state index is -0.533. The Morgan fingerprint density at radius 2 is 1.95 bits per heavy atom. The molecule has 0 amide bonds. The summed E-state index contributed by atoms with van der Waals surface area (Å²) in [5.41, 5.74) is 7.53. The summed E-state index contributed by atoms with van der Waals surface area (Å²) in [5.74, 6) is 0.200. The molecule has 0 fully saturated rings. The van der Waals surface area contributed by atoms with Gasteiger partial charge in [-0.3, -0.25) is 0 Å². The third kappa shape index (κ3) is 2.46. The van der Waals surface area contributed by atoms with Crippen LogP contribution in [-0.2, 0) is 0 Å². The first-order valence-electron chi connectivity index (χ1n) is 5.94. The van der Waals surface area contributed by atoms with E-state index in [1.807, 2.05) is 24.3 Å². The number of hydrogen-bond donors (Lipinski definition) is 1. The number of fused-ring (bicyclic) bond motifs is 1. The SMILES string of the molecule is NC(c1cc2cc(Br)ccc2o1)c1ccc(F)cc1Cl. The van der Waals surface area contributed by atoms with Crippen molar-refractivity contribution in [2.24, 2.45) is 5.73 Å². The predicted molar refractivity (Wildman–Crippen MR) is 81.4 cm³/mol. The number of rotatable bonds is 2. The molecule has 2 N–H and O–H groups in total. The van der Waals surface area contributed by atoms with Crippen molar-refractivity contribution >= 4 is 38.5 Å². The molecule has 0 saturated heterocycles. The van der Waals surface area contributed by atoms with E-state index in [2.05, 4.69) is 15.9 Å². The summed E-state index contributed by atoms with van der Waals surface area (Å²) in [6.45, 7) is 0. The van der Waals surface area contributed by atoms with Crippen molar-refractivity contribution in [1.29, 1.82) is 0 Å². The van der Waals surface area contributed by atoms with Gasteiger partial charge in [0, 0.05) is 14.9 Å². The maximum Gasteiger partial charge on any atom is 0.134 e. The van der Waals surface area contributed by atoms with Gasteiger partial charge in [-0.2, -0.15) is 0 Å². The van der Waals surface area contributed by atoms with Gasteiger partial charge in [-0.05, 0) is 42.0 Å². The van der Waals surface area contributed by atoms with Crippen LogP contribution >= 0.6 is 27.5 Å². The van der Waals surface area contributed by atoms with Crippen molar-refractivity contribution in [3.63, 3.8) is 0 Å². The van der Waals surface area contributed by atoms with Gasteiger partial charge in [0.15, 0.2) is 0 Å². The lowest BCUT2D eigenvalue weighted by Crippen LogP contribution is -2.11. The Morgan fingerprint density at radius 1 is 1.15 bits per heavy atom. The van der Waals surface area contributed by atoms with E-state index in [4.69, 9.17) is 21.8 Å². The topological polar surface area (TPSA) is 39.2 Å². The van der Waals surface area contributed by atoms with Crippen LogP contribution in [0.25, 0.3) is 11.0 Å². The maximum absolute atomic E-state index is 13.1. The minimum Gasteiger partial charge on any atom is -0.459 e. The Hall–Kier alpha value is -1.36. The highest BCUT2D eigenvalue weighted by atomic mass is 79.9. The maximum atomic E-state index is 13.1. The molecule has 102 valence electrons. The van der Waals surface area contributed by atoms with Gasteiger partial charge in [0.1, 0.15) is 17.2 Å². The average Bonchev–Trinajstić information content (AvgIpc) is 2.81. The van der Waals surface area contributed by atoms with E-state index in [1.54, 1.807) is 6.07 Å². The molecule has 3 aromatic rings. The van der Waals surface area contributed by atoms with E-state index >= 15 is 0 Å². The molecular formula is C15H10BrClFNO. The molecule has 0 spiro atoms. The molecule has 1 heterocycles. The zero-order valence-electron chi connectivity index (χ0n) is 10.2. The second-order valence-electron chi connectivity index (χ2n) is 4.47. The van der Waals surface area contributed by atoms with Gasteiger partial charge in [0.05, 0.1) is 6.04 Å². The third-order valence-corrected chi connectivity index (χ3v) is 3.92. The van der Waals surface area contributed by atoms with Gasteiger partial charge in [-0.1, -0.05) is 33.6 Å². The highest BCUT2D eigenvalue weighted by molar-refractivity contribution is 9.10. The Bertz CT molecular complexity index is 787. The fraction of sp³-hybridized carbons (Fsp3) is 0.0667. The molecular weight excluding hydrogens is 345 g/mol. The van der Waals surface area contributed by atoms with Crippen LogP contribution in [0.3, 0.4) is 0 Å². The highest BCUT2D eigenvalue weighted by Gasteiger charge is 2.17. The highest BCUT2D eigenvalue weighted by Crippen LogP contribution is 2.31. The molecule has 1 aromatic heterocycles. The first-order chi connectivity index (χ1) is 9.54. The van der Waals surface area contributed by atoms with Crippen molar-refractivity contribution in [3.05, 3.63) is 69.1 Å². The minimum absolute atomic E-state index is 0.291. The van der Waals surface area contributed by atoms with Crippen molar-refractivity contribution in [2.45, 2.75) is 6.04 Å². The average molecular weight is 355 g/mol. The van der Waals surface area contributed by atoms with E-state index in [1.165, 1.54) is 12.1 Å². The van der Waals surface area contributed by atoms with Crippen LogP contribution in [0.4, 0.5) is 4.39 Å². The second kappa shape index (κ2) is 5.20. The second-order valence-corrected chi connectivity index (χ2v) is 5.80. The molecule has 5 heteroatoms. The summed E-state index contributed by atoms with van der Waals surface area (Å²) in [7, 11) is 0. The fourth-order valence-corrected chi connectivity index (χ4v) is 2.76. The van der Waals surface area contributed by atoms with Crippen LogP contribution in [0.15, 0.2) is 51.4 Å². The molecule has 2 nitrogen and oxygen atoms in total. The standard InChI is InChI=1S/C15H10BrClFNO/c16-9-1-4-13-8(5-9)6-14(20-13)15(19)11-3-2-10(18)7-12(11)17/h1-7,15H,19H2. The quantitative estimate of drug-likeness (QED) is 0.700. The molecule has 0 saturated carbocycles. The molecule has 1 unspecified atom stereocenters. The van der Waals surface area contributed by atoms with E-state index in [0.29, 0.717) is 16.3 Å². The van der Waals surface area contributed by atoms with Crippen LogP contribution in [0, 0.1) is 5.82 Å². The lowest BCUT2D eigenvalue weighted by Gasteiger charge is -2.10. The number of halogens is 3. The van der Waals surface area contributed by atoms with Crippen LogP contribution in [0.1, 0.15) is 17.4 Å². The first-order valence-corrected chi connectivity index (χ1v) is 7.11. The van der Waals surface area contributed by atoms with Gasteiger partial charge >= 0.3 is 0 Å². The summed E-state index contributed by atoms with van der Waals surface area (Å²) < 4.78 is 19.8. The lowest BCUT2D eigenvalue weighted by atomic mass is 10.1. The van der Waals surface area contributed by atoms with Crippen molar-refractivity contribution in [2.75, 3.05) is 0 Å². The number of benzene rings is 2. The van der Waals surface area contributed by atoms with Crippen LogP contribution < -0.4 is 5.73 Å². The molecule has 0 aliphatic carbocycles. The van der Waals surface area contributed by atoms with Gasteiger partial charge in [0.25, 0.3) is 0 Å².